The van der Waals surface area contributed by atoms with Crippen LogP contribution in [0, 0.1) is 5.82 Å². The highest BCUT2D eigenvalue weighted by atomic mass is 19.1. The number of carbonyl (C=O) groups is 3. The quantitative estimate of drug-likeness (QED) is 0.0950. The van der Waals surface area contributed by atoms with E-state index in [9.17, 15) is 19.2 Å². The number of hydrogen-bond acceptors (Lipinski definition) is 11. The zero-order valence-corrected chi connectivity index (χ0v) is 32.6. The Morgan fingerprint density at radius 1 is 0.966 bits per heavy atom. The molecule has 16 heteroatoms. The van der Waals surface area contributed by atoms with Crippen molar-refractivity contribution >= 4 is 45.6 Å². The number of ether oxygens (including phenoxy) is 4. The van der Waals surface area contributed by atoms with Gasteiger partial charge in [0.2, 0.25) is 17.7 Å². The number of carbonyl (C=O) groups excluding carboxylic acids is 3. The van der Waals surface area contributed by atoms with E-state index in [2.05, 4.69) is 20.6 Å². The Balaban J connectivity index is 0.961. The van der Waals surface area contributed by atoms with Gasteiger partial charge in [0.1, 0.15) is 23.4 Å². The molecule has 3 aromatic carbocycles. The highest BCUT2D eigenvalue weighted by Gasteiger charge is 2.35. The molecule has 59 heavy (non-hydrogen) atoms. The molecule has 3 aliphatic heterocycles. The van der Waals surface area contributed by atoms with E-state index >= 15 is 4.39 Å². The van der Waals surface area contributed by atoms with Crippen LogP contribution >= 0.6 is 0 Å². The summed E-state index contributed by atoms with van der Waals surface area (Å²) >= 11 is 0. The third kappa shape index (κ3) is 8.60. The number of halogens is 1. The first kappa shape index (κ1) is 39.8. The molecular formula is C43H46FN7O8. The number of likely N-dealkylation sites (tertiary alicyclic amines) is 1. The van der Waals surface area contributed by atoms with Gasteiger partial charge >= 0.3 is 0 Å². The summed E-state index contributed by atoms with van der Waals surface area (Å²) in [5.41, 5.74) is 1.36. The predicted octanol–water partition coefficient (Wildman–Crippen LogP) is 4.08. The third-order valence-corrected chi connectivity index (χ3v) is 11.1. The lowest BCUT2D eigenvalue weighted by Gasteiger charge is -2.29. The van der Waals surface area contributed by atoms with Gasteiger partial charge in [-0.15, -0.1) is 0 Å². The van der Waals surface area contributed by atoms with Crippen LogP contribution in [0.25, 0.3) is 27.4 Å². The summed E-state index contributed by atoms with van der Waals surface area (Å²) in [4.78, 5) is 63.7. The fraction of sp³-hybridized carbons (Fsp3) is 0.395. The first-order chi connectivity index (χ1) is 28.9. The summed E-state index contributed by atoms with van der Waals surface area (Å²) in [6, 6.07) is 12.8. The van der Waals surface area contributed by atoms with Gasteiger partial charge in [-0.25, -0.2) is 4.39 Å². The van der Waals surface area contributed by atoms with Gasteiger partial charge in [-0.05, 0) is 54.7 Å². The zero-order valence-electron chi connectivity index (χ0n) is 32.6. The monoisotopic (exact) mass is 807 g/mol. The lowest BCUT2D eigenvalue weighted by Crippen LogP contribution is -2.40. The van der Waals surface area contributed by atoms with Crippen molar-refractivity contribution in [3.05, 3.63) is 94.5 Å². The SMILES string of the molecule is O=CNCCOCCOCCOCC(=O)N1CCCC1CCNC(=O)c1cn2c3c(c(N4CCC(c5cnccn5)C4)c(F)cc3c1=O)Oc1cc3ccccc3cc1-2. The molecule has 3 aliphatic rings. The van der Waals surface area contributed by atoms with Gasteiger partial charge in [-0.3, -0.25) is 29.1 Å². The first-order valence-electron chi connectivity index (χ1n) is 20.0. The minimum atomic E-state index is -0.619. The maximum absolute atomic E-state index is 16.5. The highest BCUT2D eigenvalue weighted by molar-refractivity contribution is 6.02. The van der Waals surface area contributed by atoms with Crippen LogP contribution in [0.15, 0.2) is 72.0 Å². The van der Waals surface area contributed by atoms with Crippen molar-refractivity contribution in [1.29, 1.82) is 0 Å². The van der Waals surface area contributed by atoms with Crippen LogP contribution in [0.1, 0.15) is 47.7 Å². The van der Waals surface area contributed by atoms with Crippen molar-refractivity contribution in [2.45, 2.75) is 37.6 Å². The maximum Gasteiger partial charge on any atom is 0.256 e. The predicted molar refractivity (Wildman–Crippen MR) is 217 cm³/mol. The number of benzene rings is 3. The average molecular weight is 808 g/mol. The molecule has 15 nitrogen and oxygen atoms in total. The number of nitrogens with one attached hydrogen (secondary N) is 2. The summed E-state index contributed by atoms with van der Waals surface area (Å²) in [7, 11) is 0. The Kier molecular flexibility index (Phi) is 12.4. The summed E-state index contributed by atoms with van der Waals surface area (Å²) in [5.74, 6) is -0.618. The molecule has 308 valence electrons. The molecule has 2 atom stereocenters. The Morgan fingerprint density at radius 3 is 2.56 bits per heavy atom. The van der Waals surface area contributed by atoms with Gasteiger partial charge in [-0.2, -0.15) is 0 Å². The normalized spacial score (nSPS) is 17.0. The zero-order chi connectivity index (χ0) is 40.7. The van der Waals surface area contributed by atoms with E-state index < -0.39 is 17.2 Å². The van der Waals surface area contributed by atoms with Crippen LogP contribution in [-0.2, 0) is 23.8 Å². The first-order valence-corrected chi connectivity index (χ1v) is 20.0. The molecule has 2 aromatic heterocycles. The van der Waals surface area contributed by atoms with E-state index in [1.54, 1.807) is 28.1 Å². The molecule has 0 saturated carbocycles. The number of hydrogen-bond donors (Lipinski definition) is 2. The Labute approximate surface area is 339 Å². The molecular weight excluding hydrogens is 762 g/mol. The summed E-state index contributed by atoms with van der Waals surface area (Å²) in [6.07, 6.45) is 9.98. The molecule has 3 amide bonds. The number of nitrogens with zero attached hydrogens (tertiary/aromatic N) is 5. The van der Waals surface area contributed by atoms with Crippen LogP contribution in [-0.4, -0.2) is 116 Å². The van der Waals surface area contributed by atoms with Crippen molar-refractivity contribution in [1.82, 2.24) is 30.1 Å². The minimum Gasteiger partial charge on any atom is -0.451 e. The number of aromatic nitrogens is 3. The van der Waals surface area contributed by atoms with E-state index in [1.165, 1.54) is 12.3 Å². The second kappa shape index (κ2) is 18.3. The van der Waals surface area contributed by atoms with E-state index in [1.807, 2.05) is 41.3 Å². The van der Waals surface area contributed by atoms with Gasteiger partial charge in [-0.1, -0.05) is 24.3 Å². The van der Waals surface area contributed by atoms with Gasteiger partial charge in [0.15, 0.2) is 17.3 Å². The number of fused-ring (bicyclic) bond motifs is 3. The van der Waals surface area contributed by atoms with E-state index in [0.29, 0.717) is 82.4 Å². The standard InChI is InChI=1S/C43H46FN7O8/c44-34-22-32-39-42(40(34)49-14-8-30(24-49)35-23-45-10-11-47-35)59-37-21-29-5-2-1-4-28(29)20-36(37)51(39)25-33(41(32)54)43(55)48-9-7-31-6-3-13-50(31)38(53)26-58-19-18-57-17-16-56-15-12-46-27-52/h1-2,4-5,10-11,20-23,25,27,30-31H,3,6-9,12-19,24,26H2,(H,46,52)(H,48,55). The second-order valence-electron chi connectivity index (χ2n) is 14.8. The molecule has 0 spiro atoms. The molecule has 2 unspecified atom stereocenters. The molecule has 0 radical (unpaired) electrons. The van der Waals surface area contributed by atoms with Gasteiger partial charge < -0.3 is 43.9 Å². The average Bonchev–Trinajstić information content (AvgIpc) is 3.94. The van der Waals surface area contributed by atoms with Crippen LogP contribution in [0.3, 0.4) is 0 Å². The molecule has 8 rings (SSSR count). The lowest BCUT2D eigenvalue weighted by molar-refractivity contribution is -0.137. The molecule has 5 heterocycles. The second-order valence-corrected chi connectivity index (χ2v) is 14.8. The number of anilines is 1. The third-order valence-electron chi connectivity index (χ3n) is 11.1. The van der Waals surface area contributed by atoms with Gasteiger partial charge in [0, 0.05) is 69.5 Å². The molecule has 0 bridgehead atoms. The summed E-state index contributed by atoms with van der Waals surface area (Å²) in [5, 5.41) is 7.30. The Hall–Kier alpha value is -5.97. The van der Waals surface area contributed by atoms with E-state index in [-0.39, 0.29) is 60.0 Å². The smallest absolute Gasteiger partial charge is 0.256 e. The van der Waals surface area contributed by atoms with Crippen LogP contribution in [0.4, 0.5) is 10.1 Å². The van der Waals surface area contributed by atoms with Gasteiger partial charge in [0.05, 0.1) is 49.8 Å². The van der Waals surface area contributed by atoms with Crippen LogP contribution in [0.5, 0.6) is 11.5 Å². The van der Waals surface area contributed by atoms with Crippen LogP contribution in [0.2, 0.25) is 0 Å². The number of amides is 3. The topological polar surface area (TPSA) is 166 Å². The van der Waals surface area contributed by atoms with E-state index in [4.69, 9.17) is 18.9 Å². The largest absolute Gasteiger partial charge is 0.451 e. The van der Waals surface area contributed by atoms with Crippen molar-refractivity contribution in [3.63, 3.8) is 0 Å². The van der Waals surface area contributed by atoms with Crippen molar-refractivity contribution in [2.24, 2.45) is 0 Å². The number of rotatable bonds is 18. The Bertz CT molecular complexity index is 2400. The van der Waals surface area contributed by atoms with E-state index in [0.717, 1.165) is 35.7 Å². The molecule has 5 aromatic rings. The van der Waals surface area contributed by atoms with Crippen molar-refractivity contribution < 1.29 is 37.7 Å². The number of pyridine rings is 1. The minimum absolute atomic E-state index is 0.0346. The maximum atomic E-state index is 16.5. The molecule has 2 fully saturated rings. The lowest BCUT2D eigenvalue weighted by atomic mass is 10.0. The van der Waals surface area contributed by atoms with Crippen molar-refractivity contribution in [2.75, 3.05) is 77.3 Å². The summed E-state index contributed by atoms with van der Waals surface area (Å²) in [6.45, 7) is 3.90. The molecule has 2 saturated heterocycles. The fourth-order valence-electron chi connectivity index (χ4n) is 8.26. The van der Waals surface area contributed by atoms with Gasteiger partial charge in [0.25, 0.3) is 5.91 Å². The van der Waals surface area contributed by atoms with Crippen molar-refractivity contribution in [3.8, 4) is 17.2 Å². The Morgan fingerprint density at radius 2 is 1.76 bits per heavy atom. The summed E-state index contributed by atoms with van der Waals surface area (Å²) < 4.78 is 41.1. The highest BCUT2D eigenvalue weighted by Crippen LogP contribution is 2.48. The molecule has 0 aliphatic carbocycles. The fourth-order valence-corrected chi connectivity index (χ4v) is 8.26. The molecule has 2 N–H and O–H groups in total. The van der Waals surface area contributed by atoms with Crippen LogP contribution < -0.4 is 25.7 Å².